The Morgan fingerprint density at radius 3 is 2.74 bits per heavy atom. The molecule has 0 aliphatic carbocycles. The summed E-state index contributed by atoms with van der Waals surface area (Å²) in [6, 6.07) is 5.47. The van der Waals surface area contributed by atoms with Gasteiger partial charge in [-0.2, -0.15) is 0 Å². The van der Waals surface area contributed by atoms with Crippen molar-refractivity contribution in [1.29, 1.82) is 0 Å². The molecule has 5 nitrogen and oxygen atoms in total. The molecule has 1 aromatic carbocycles. The van der Waals surface area contributed by atoms with E-state index in [1.54, 1.807) is 35.9 Å². The molecule has 0 fully saturated rings. The summed E-state index contributed by atoms with van der Waals surface area (Å²) in [4.78, 5) is 31.1. The largest absolute Gasteiger partial charge is 0.494 e. The molecule has 0 radical (unpaired) electrons. The topological polar surface area (TPSA) is 61.2 Å². The third kappa shape index (κ3) is 3.80. The van der Waals surface area contributed by atoms with Crippen molar-refractivity contribution >= 4 is 39.1 Å². The monoisotopic (exact) mass is 402 g/mol. The number of aryl methyl sites for hydroxylation is 2. The van der Waals surface area contributed by atoms with Crippen molar-refractivity contribution in [2.75, 3.05) is 6.61 Å². The zero-order chi connectivity index (χ0) is 19.7. The highest BCUT2D eigenvalue weighted by atomic mass is 32.2. The average Bonchev–Trinajstić information content (AvgIpc) is 2.92. The fourth-order valence-electron chi connectivity index (χ4n) is 2.84. The predicted molar refractivity (Wildman–Crippen MR) is 112 cm³/mol. The van der Waals surface area contributed by atoms with Crippen LogP contribution in [0, 0.1) is 13.8 Å². The number of benzene rings is 1. The van der Waals surface area contributed by atoms with Crippen LogP contribution >= 0.6 is 23.1 Å². The second-order valence-electron chi connectivity index (χ2n) is 6.32. The molecule has 142 valence electrons. The molecule has 0 atom stereocenters. The molecule has 3 aromatic rings. The van der Waals surface area contributed by atoms with Gasteiger partial charge < -0.3 is 4.74 Å². The molecule has 0 aliphatic rings. The number of hydrogen-bond acceptors (Lipinski definition) is 6. The van der Waals surface area contributed by atoms with E-state index in [-0.39, 0.29) is 11.3 Å². The molecular weight excluding hydrogens is 380 g/mol. The van der Waals surface area contributed by atoms with Crippen molar-refractivity contribution in [3.05, 3.63) is 50.1 Å². The lowest BCUT2D eigenvalue weighted by Crippen LogP contribution is -2.19. The van der Waals surface area contributed by atoms with Gasteiger partial charge in [0.15, 0.2) is 10.9 Å². The summed E-state index contributed by atoms with van der Waals surface area (Å²) >= 11 is 3.02. The van der Waals surface area contributed by atoms with Crippen molar-refractivity contribution in [2.24, 2.45) is 7.05 Å². The van der Waals surface area contributed by atoms with Gasteiger partial charge in [0, 0.05) is 28.8 Å². The number of rotatable bonds is 6. The van der Waals surface area contributed by atoms with E-state index >= 15 is 0 Å². The van der Waals surface area contributed by atoms with Crippen molar-refractivity contribution in [3.8, 4) is 5.75 Å². The van der Waals surface area contributed by atoms with E-state index in [2.05, 4.69) is 0 Å². The number of aromatic nitrogens is 2. The minimum Gasteiger partial charge on any atom is -0.494 e. The van der Waals surface area contributed by atoms with Crippen LogP contribution in [0.3, 0.4) is 0 Å². The van der Waals surface area contributed by atoms with E-state index < -0.39 is 0 Å². The Hall–Kier alpha value is -2.12. The van der Waals surface area contributed by atoms with Crippen LogP contribution in [-0.2, 0) is 12.8 Å². The van der Waals surface area contributed by atoms with E-state index in [9.17, 15) is 9.59 Å². The molecule has 0 bridgehead atoms. The smallest absolute Gasteiger partial charge is 0.262 e. The molecule has 27 heavy (non-hydrogen) atoms. The summed E-state index contributed by atoms with van der Waals surface area (Å²) in [6.45, 7) is 8.00. The molecule has 3 rings (SSSR count). The van der Waals surface area contributed by atoms with Gasteiger partial charge in [-0.3, -0.25) is 14.2 Å². The maximum Gasteiger partial charge on any atom is 0.262 e. The molecule has 0 N–H and O–H groups in total. The molecule has 0 amide bonds. The van der Waals surface area contributed by atoms with Crippen LogP contribution in [0.2, 0.25) is 0 Å². The van der Waals surface area contributed by atoms with Gasteiger partial charge in [0.1, 0.15) is 10.6 Å². The number of nitrogens with zero attached hydrogens (tertiary/aromatic N) is 2. The summed E-state index contributed by atoms with van der Waals surface area (Å²) in [5, 5.41) is 1.36. The van der Waals surface area contributed by atoms with Gasteiger partial charge in [-0.25, -0.2) is 4.98 Å². The number of hydrogen-bond donors (Lipinski definition) is 0. The number of carbonyl (C=O) groups excluding carboxylic acids is 1. The first-order valence-corrected chi connectivity index (χ1v) is 10.5. The molecular formula is C20H22N2O3S2. The van der Waals surface area contributed by atoms with Gasteiger partial charge in [-0.15, -0.1) is 11.3 Å². The number of carbonyl (C=O) groups is 1. The van der Waals surface area contributed by atoms with Crippen LogP contribution in [0.25, 0.3) is 10.2 Å². The van der Waals surface area contributed by atoms with Crippen LogP contribution in [-0.4, -0.2) is 21.9 Å². The quantitative estimate of drug-likeness (QED) is 0.345. The highest BCUT2D eigenvalue weighted by molar-refractivity contribution is 7.98. The van der Waals surface area contributed by atoms with Crippen molar-refractivity contribution in [3.63, 3.8) is 0 Å². The second kappa shape index (κ2) is 7.86. The number of thioether (sulfide) groups is 1. The summed E-state index contributed by atoms with van der Waals surface area (Å²) in [5.41, 5.74) is 2.55. The number of ether oxygens (including phenoxy) is 1. The number of ketones is 1. The fourth-order valence-corrected chi connectivity index (χ4v) is 4.86. The van der Waals surface area contributed by atoms with Crippen LogP contribution in [0.15, 0.2) is 28.2 Å². The third-order valence-electron chi connectivity index (χ3n) is 4.49. The molecule has 7 heteroatoms. The second-order valence-corrected chi connectivity index (χ2v) is 8.47. The molecule has 2 aromatic heterocycles. The van der Waals surface area contributed by atoms with Crippen molar-refractivity contribution < 1.29 is 9.53 Å². The Kier molecular flexibility index (Phi) is 5.72. The number of fused-ring (bicyclic) bond motifs is 1. The van der Waals surface area contributed by atoms with E-state index in [0.29, 0.717) is 28.5 Å². The van der Waals surface area contributed by atoms with E-state index in [1.165, 1.54) is 11.8 Å². The SMILES string of the molecule is CCOc1ccc(C(C)=O)cc1CSc1nc2sc(C)c(C)c2c(=O)n1C. The standard InChI is InChI=1S/C20H22N2O3S2/c1-6-25-16-8-7-14(12(3)23)9-15(16)10-26-20-21-18-17(19(24)22(20)5)11(2)13(4)27-18/h7-9H,6,10H2,1-5H3. The highest BCUT2D eigenvalue weighted by Crippen LogP contribution is 2.31. The Morgan fingerprint density at radius 1 is 1.33 bits per heavy atom. The summed E-state index contributed by atoms with van der Waals surface area (Å²) < 4.78 is 7.29. The minimum absolute atomic E-state index is 0.0146. The van der Waals surface area contributed by atoms with Crippen molar-refractivity contribution in [2.45, 2.75) is 38.6 Å². The van der Waals surface area contributed by atoms with Gasteiger partial charge in [-0.05, 0) is 51.5 Å². The van der Waals surface area contributed by atoms with Gasteiger partial charge in [-0.1, -0.05) is 11.8 Å². The van der Waals surface area contributed by atoms with E-state index in [4.69, 9.17) is 9.72 Å². The van der Waals surface area contributed by atoms with E-state index in [0.717, 1.165) is 26.6 Å². The lowest BCUT2D eigenvalue weighted by molar-refractivity contribution is 0.101. The maximum absolute atomic E-state index is 12.8. The average molecular weight is 403 g/mol. The molecule has 0 aliphatic heterocycles. The molecule has 0 unspecified atom stereocenters. The van der Waals surface area contributed by atoms with Crippen LogP contribution < -0.4 is 10.3 Å². The zero-order valence-electron chi connectivity index (χ0n) is 16.1. The summed E-state index contributed by atoms with van der Waals surface area (Å²) in [7, 11) is 1.75. The third-order valence-corrected chi connectivity index (χ3v) is 6.67. The summed E-state index contributed by atoms with van der Waals surface area (Å²) in [6.07, 6.45) is 0. The molecule has 0 saturated carbocycles. The van der Waals surface area contributed by atoms with E-state index in [1.807, 2.05) is 32.9 Å². The number of Topliss-reactive ketones (excluding diaryl/α,β-unsaturated/α-hetero) is 1. The number of thiophene rings is 1. The molecule has 0 saturated heterocycles. The van der Waals surface area contributed by atoms with Gasteiger partial charge in [0.25, 0.3) is 5.56 Å². The van der Waals surface area contributed by atoms with Gasteiger partial charge >= 0.3 is 0 Å². The summed E-state index contributed by atoms with van der Waals surface area (Å²) in [5.74, 6) is 1.33. The Balaban J connectivity index is 1.97. The first kappa shape index (κ1) is 19.6. The van der Waals surface area contributed by atoms with Crippen molar-refractivity contribution in [1.82, 2.24) is 9.55 Å². The first-order valence-electron chi connectivity index (χ1n) is 8.69. The lowest BCUT2D eigenvalue weighted by atomic mass is 10.1. The van der Waals surface area contributed by atoms with Crippen LogP contribution in [0.5, 0.6) is 5.75 Å². The van der Waals surface area contributed by atoms with Gasteiger partial charge in [0.05, 0.1) is 12.0 Å². The minimum atomic E-state index is -0.0214. The van der Waals surface area contributed by atoms with Crippen LogP contribution in [0.1, 0.15) is 40.2 Å². The Bertz CT molecular complexity index is 1080. The molecule has 2 heterocycles. The normalized spacial score (nSPS) is 11.1. The Labute approximate surface area is 166 Å². The Morgan fingerprint density at radius 2 is 2.07 bits per heavy atom. The first-order chi connectivity index (χ1) is 12.8. The fraction of sp³-hybridized carbons (Fsp3) is 0.350. The lowest BCUT2D eigenvalue weighted by Gasteiger charge is -2.12. The molecule has 0 spiro atoms. The predicted octanol–water partition coefficient (Wildman–Crippen LogP) is 4.51. The van der Waals surface area contributed by atoms with Crippen LogP contribution in [0.4, 0.5) is 0 Å². The van der Waals surface area contributed by atoms with Gasteiger partial charge in [0.2, 0.25) is 0 Å². The zero-order valence-corrected chi connectivity index (χ0v) is 17.7. The highest BCUT2D eigenvalue weighted by Gasteiger charge is 2.16. The maximum atomic E-state index is 12.8.